The summed E-state index contributed by atoms with van der Waals surface area (Å²) in [5.74, 6) is -2.66. The van der Waals surface area contributed by atoms with Crippen LogP contribution in [0.2, 0.25) is 0 Å². The molecule has 0 amide bonds. The highest BCUT2D eigenvalue weighted by molar-refractivity contribution is 6.17. The van der Waals surface area contributed by atoms with E-state index in [-0.39, 0.29) is 11.5 Å². The van der Waals surface area contributed by atoms with E-state index in [1.165, 1.54) is 6.08 Å². The van der Waals surface area contributed by atoms with E-state index in [2.05, 4.69) is 0 Å². The van der Waals surface area contributed by atoms with Crippen molar-refractivity contribution in [2.75, 3.05) is 0 Å². The lowest BCUT2D eigenvalue weighted by atomic mass is 10.0. The van der Waals surface area contributed by atoms with Crippen molar-refractivity contribution in [1.82, 2.24) is 0 Å². The molecule has 4 nitrogen and oxygen atoms in total. The number of rotatable bonds is 3. The molecule has 0 saturated heterocycles. The minimum Gasteiger partial charge on any atom is -0.460 e. The monoisotopic (exact) mass is 352 g/mol. The summed E-state index contributed by atoms with van der Waals surface area (Å²) in [4.78, 5) is 12.2. The van der Waals surface area contributed by atoms with Gasteiger partial charge >= 0.3 is 5.97 Å². The molecule has 0 fully saturated rings. The predicted molar refractivity (Wildman–Crippen MR) is 82.6 cm³/mol. The predicted octanol–water partition coefficient (Wildman–Crippen LogP) is 3.40. The summed E-state index contributed by atoms with van der Waals surface area (Å²) in [6, 6.07) is 7.49. The van der Waals surface area contributed by atoms with Gasteiger partial charge < -0.3 is 14.6 Å². The van der Waals surface area contributed by atoms with Crippen molar-refractivity contribution in [1.29, 1.82) is 0 Å². The average molecular weight is 353 g/mol. The van der Waals surface area contributed by atoms with Gasteiger partial charge in [0, 0.05) is 17.5 Å². The van der Waals surface area contributed by atoms with Gasteiger partial charge in [-0.1, -0.05) is 6.07 Å². The molecular weight excluding hydrogens is 342 g/mol. The quantitative estimate of drug-likeness (QED) is 0.522. The van der Waals surface area contributed by atoms with E-state index in [4.69, 9.17) is 21.1 Å². The topological polar surface area (TPSA) is 55.8 Å². The molecule has 0 radical (unpaired) electrons. The normalized spacial score (nSPS) is 16.0. The summed E-state index contributed by atoms with van der Waals surface area (Å²) in [5.41, 5.74) is 1.07. The zero-order chi connectivity index (χ0) is 17.3. The second kappa shape index (κ2) is 6.59. The summed E-state index contributed by atoms with van der Waals surface area (Å²) in [5, 5.41) is 9.93. The second-order valence-corrected chi connectivity index (χ2v) is 5.31. The molecule has 2 aromatic rings. The van der Waals surface area contributed by atoms with E-state index in [0.717, 1.165) is 23.8 Å². The van der Waals surface area contributed by atoms with Crippen LogP contribution in [-0.4, -0.2) is 17.4 Å². The second-order valence-electron chi connectivity index (χ2n) is 5.04. The third kappa shape index (κ3) is 3.25. The smallest absolute Gasteiger partial charge is 0.345 e. The van der Waals surface area contributed by atoms with Crippen LogP contribution in [0.3, 0.4) is 0 Å². The molecule has 0 aromatic heterocycles. The summed E-state index contributed by atoms with van der Waals surface area (Å²) in [6.07, 6.45) is -0.220. The van der Waals surface area contributed by atoms with Crippen LogP contribution in [0, 0.1) is 11.6 Å². The molecule has 0 aliphatic carbocycles. The van der Waals surface area contributed by atoms with E-state index < -0.39 is 29.6 Å². The van der Waals surface area contributed by atoms with Crippen LogP contribution >= 0.6 is 11.6 Å². The Hall–Kier alpha value is -2.44. The molecular formula is C17H11ClF2O4. The molecule has 0 bridgehead atoms. The van der Waals surface area contributed by atoms with Gasteiger partial charge in [-0.3, -0.25) is 0 Å². The number of halogens is 3. The Kier molecular flexibility index (Phi) is 4.51. The molecule has 7 heteroatoms. The lowest BCUT2D eigenvalue weighted by Crippen LogP contribution is -2.29. The van der Waals surface area contributed by atoms with E-state index >= 15 is 0 Å². The summed E-state index contributed by atoms with van der Waals surface area (Å²) >= 11 is 5.76. The molecule has 1 aliphatic heterocycles. The minimum atomic E-state index is -1.58. The Balaban J connectivity index is 1.90. The van der Waals surface area contributed by atoms with Crippen molar-refractivity contribution in [2.45, 2.75) is 12.2 Å². The number of carbonyl (C=O) groups excluding carboxylic acids is 1. The number of carbonyl (C=O) groups is 1. The van der Waals surface area contributed by atoms with Gasteiger partial charge in [-0.05, 0) is 35.9 Å². The molecule has 24 heavy (non-hydrogen) atoms. The number of benzene rings is 2. The summed E-state index contributed by atoms with van der Waals surface area (Å²) in [6.45, 7) is 0. The number of esters is 1. The largest absolute Gasteiger partial charge is 0.460 e. The van der Waals surface area contributed by atoms with E-state index in [0.29, 0.717) is 11.3 Å². The fourth-order valence-corrected chi connectivity index (χ4v) is 2.36. The third-order valence-corrected chi connectivity index (χ3v) is 3.68. The third-order valence-electron chi connectivity index (χ3n) is 3.38. The van der Waals surface area contributed by atoms with Gasteiger partial charge in [0.1, 0.15) is 17.1 Å². The number of aliphatic hydroxyl groups excluding tert-OH is 1. The zero-order valence-corrected chi connectivity index (χ0v) is 12.9. The van der Waals surface area contributed by atoms with Crippen molar-refractivity contribution in [2.24, 2.45) is 0 Å². The lowest BCUT2D eigenvalue weighted by molar-refractivity contribution is -0.133. The minimum absolute atomic E-state index is 0.238. The number of hydrogen-bond donors (Lipinski definition) is 1. The first-order valence-electron chi connectivity index (χ1n) is 6.90. The van der Waals surface area contributed by atoms with Crippen LogP contribution < -0.4 is 9.47 Å². The highest BCUT2D eigenvalue weighted by Crippen LogP contribution is 2.31. The van der Waals surface area contributed by atoms with Gasteiger partial charge in [-0.15, -0.1) is 11.6 Å². The van der Waals surface area contributed by atoms with Gasteiger partial charge in [-0.25, -0.2) is 13.6 Å². The first kappa shape index (κ1) is 16.4. The number of ether oxygens (including phenoxy) is 2. The van der Waals surface area contributed by atoms with Gasteiger partial charge in [0.05, 0.1) is 0 Å². The van der Waals surface area contributed by atoms with Gasteiger partial charge in [0.25, 0.3) is 0 Å². The lowest BCUT2D eigenvalue weighted by Gasteiger charge is -2.22. The highest BCUT2D eigenvalue weighted by Gasteiger charge is 2.28. The van der Waals surface area contributed by atoms with Crippen molar-refractivity contribution in [3.8, 4) is 11.5 Å². The molecule has 1 aliphatic rings. The average Bonchev–Trinajstić information content (AvgIpc) is 2.57. The molecule has 2 aromatic carbocycles. The van der Waals surface area contributed by atoms with Crippen LogP contribution in [-0.2, 0) is 10.7 Å². The Morgan fingerprint density at radius 2 is 2.04 bits per heavy atom. The maximum absolute atomic E-state index is 13.6. The maximum atomic E-state index is 13.6. The SMILES string of the molecule is O=C(Oc1cc(F)ccc1F)C1=Cc2cc(CCl)ccc2OC1O. The number of hydrogen-bond acceptors (Lipinski definition) is 4. The van der Waals surface area contributed by atoms with Crippen LogP contribution in [0.4, 0.5) is 8.78 Å². The van der Waals surface area contributed by atoms with Gasteiger partial charge in [0.2, 0.25) is 6.29 Å². The standard InChI is InChI=1S/C17H11ClF2O4/c18-8-9-1-4-14-10(5-9)6-12(16(21)23-14)17(22)24-15-7-11(19)2-3-13(15)20/h1-7,16,21H,8H2. The van der Waals surface area contributed by atoms with Crippen LogP contribution in [0.5, 0.6) is 11.5 Å². The Morgan fingerprint density at radius 1 is 1.25 bits per heavy atom. The molecule has 0 spiro atoms. The Morgan fingerprint density at radius 3 is 2.79 bits per heavy atom. The van der Waals surface area contributed by atoms with Crippen LogP contribution in [0.25, 0.3) is 6.08 Å². The van der Waals surface area contributed by atoms with E-state index in [1.807, 2.05) is 0 Å². The summed E-state index contributed by atoms with van der Waals surface area (Å²) in [7, 11) is 0. The molecule has 124 valence electrons. The molecule has 1 atom stereocenters. The molecule has 0 saturated carbocycles. The fourth-order valence-electron chi connectivity index (χ4n) is 2.20. The summed E-state index contributed by atoms with van der Waals surface area (Å²) < 4.78 is 36.7. The van der Waals surface area contributed by atoms with E-state index in [9.17, 15) is 18.7 Å². The Labute approximate surface area is 140 Å². The van der Waals surface area contributed by atoms with Crippen molar-refractivity contribution in [3.05, 3.63) is 64.7 Å². The van der Waals surface area contributed by atoms with Crippen LogP contribution in [0.1, 0.15) is 11.1 Å². The zero-order valence-electron chi connectivity index (χ0n) is 12.1. The number of aliphatic hydroxyl groups is 1. The first-order chi connectivity index (χ1) is 11.5. The number of alkyl halides is 1. The van der Waals surface area contributed by atoms with Gasteiger partial charge in [-0.2, -0.15) is 0 Å². The Bertz CT molecular complexity index is 835. The first-order valence-corrected chi connectivity index (χ1v) is 7.44. The molecule has 1 heterocycles. The molecule has 1 unspecified atom stereocenters. The fraction of sp³-hybridized carbons (Fsp3) is 0.118. The van der Waals surface area contributed by atoms with E-state index in [1.54, 1.807) is 18.2 Å². The molecule has 1 N–H and O–H groups in total. The molecule has 3 rings (SSSR count). The van der Waals surface area contributed by atoms with Crippen molar-refractivity contribution < 1.29 is 28.2 Å². The van der Waals surface area contributed by atoms with Crippen LogP contribution in [0.15, 0.2) is 42.0 Å². The highest BCUT2D eigenvalue weighted by atomic mass is 35.5. The van der Waals surface area contributed by atoms with Gasteiger partial charge in [0.15, 0.2) is 11.6 Å². The van der Waals surface area contributed by atoms with Crippen molar-refractivity contribution >= 4 is 23.6 Å². The van der Waals surface area contributed by atoms with Crippen molar-refractivity contribution in [3.63, 3.8) is 0 Å². The number of fused-ring (bicyclic) bond motifs is 1. The maximum Gasteiger partial charge on any atom is 0.345 e.